The van der Waals surface area contributed by atoms with E-state index in [1.807, 2.05) is 6.92 Å². The molecule has 0 aliphatic heterocycles. The fourth-order valence-electron chi connectivity index (χ4n) is 1.36. The molecule has 0 radical (unpaired) electrons. The molecule has 0 aliphatic carbocycles. The Morgan fingerprint density at radius 1 is 1.50 bits per heavy atom. The smallest absolute Gasteiger partial charge is 0.127 e. The molecular weight excluding hydrogens is 229 g/mol. The van der Waals surface area contributed by atoms with E-state index < -0.39 is 0 Å². The molecule has 0 aliphatic rings. The third-order valence-corrected chi connectivity index (χ3v) is 2.64. The van der Waals surface area contributed by atoms with E-state index in [9.17, 15) is 4.39 Å². The Labute approximate surface area is 101 Å². The van der Waals surface area contributed by atoms with Crippen LogP contribution >= 0.6 is 11.6 Å². The summed E-state index contributed by atoms with van der Waals surface area (Å²) in [7, 11) is 1.67. The Morgan fingerprint density at radius 3 is 2.94 bits per heavy atom. The molecule has 1 aromatic carbocycles. The summed E-state index contributed by atoms with van der Waals surface area (Å²) in [5, 5.41) is 3.78. The van der Waals surface area contributed by atoms with E-state index in [0.29, 0.717) is 29.8 Å². The number of hydrogen-bond acceptors (Lipinski definition) is 2. The second-order valence-corrected chi connectivity index (χ2v) is 4.24. The van der Waals surface area contributed by atoms with Gasteiger partial charge in [0.1, 0.15) is 5.82 Å². The van der Waals surface area contributed by atoms with Gasteiger partial charge in [-0.05, 0) is 31.5 Å². The predicted octanol–water partition coefficient (Wildman–Crippen LogP) is 2.99. The topological polar surface area (TPSA) is 21.3 Å². The van der Waals surface area contributed by atoms with Crippen molar-refractivity contribution in [1.82, 2.24) is 5.32 Å². The molecule has 1 rings (SSSR count). The normalized spacial score (nSPS) is 12.8. The summed E-state index contributed by atoms with van der Waals surface area (Å²) in [4.78, 5) is 0. The van der Waals surface area contributed by atoms with Crippen LogP contribution < -0.4 is 5.32 Å². The van der Waals surface area contributed by atoms with Crippen molar-refractivity contribution in [2.24, 2.45) is 0 Å². The summed E-state index contributed by atoms with van der Waals surface area (Å²) in [6.07, 6.45) is 0.901. The van der Waals surface area contributed by atoms with Gasteiger partial charge in [-0.2, -0.15) is 0 Å². The largest absolute Gasteiger partial charge is 0.385 e. The lowest BCUT2D eigenvalue weighted by Gasteiger charge is -2.13. The SMILES string of the molecule is COCCC(C)NCc1cc(Cl)ccc1F. The highest BCUT2D eigenvalue weighted by molar-refractivity contribution is 6.30. The maximum Gasteiger partial charge on any atom is 0.127 e. The molecule has 0 aromatic heterocycles. The second kappa shape index (κ2) is 6.84. The molecule has 16 heavy (non-hydrogen) atoms. The first kappa shape index (κ1) is 13.4. The number of halogens is 2. The summed E-state index contributed by atoms with van der Waals surface area (Å²) in [6.45, 7) is 3.23. The highest BCUT2D eigenvalue weighted by Gasteiger charge is 2.05. The Balaban J connectivity index is 2.44. The van der Waals surface area contributed by atoms with Crippen molar-refractivity contribution in [1.29, 1.82) is 0 Å². The van der Waals surface area contributed by atoms with Gasteiger partial charge in [0, 0.05) is 36.9 Å². The van der Waals surface area contributed by atoms with E-state index in [1.54, 1.807) is 19.2 Å². The molecular formula is C12H17ClFNO. The lowest BCUT2D eigenvalue weighted by molar-refractivity contribution is 0.184. The van der Waals surface area contributed by atoms with Crippen LogP contribution in [0, 0.1) is 5.82 Å². The van der Waals surface area contributed by atoms with Crippen molar-refractivity contribution in [3.8, 4) is 0 Å². The molecule has 0 spiro atoms. The van der Waals surface area contributed by atoms with Crippen LogP contribution in [0.4, 0.5) is 4.39 Å². The molecule has 1 N–H and O–H groups in total. The average Bonchev–Trinajstić information content (AvgIpc) is 2.27. The van der Waals surface area contributed by atoms with Gasteiger partial charge in [0.05, 0.1) is 0 Å². The van der Waals surface area contributed by atoms with E-state index in [0.717, 1.165) is 6.42 Å². The lowest BCUT2D eigenvalue weighted by Crippen LogP contribution is -2.27. The van der Waals surface area contributed by atoms with Gasteiger partial charge in [-0.3, -0.25) is 0 Å². The summed E-state index contributed by atoms with van der Waals surface area (Å²) < 4.78 is 18.3. The van der Waals surface area contributed by atoms with Gasteiger partial charge in [0.2, 0.25) is 0 Å². The van der Waals surface area contributed by atoms with Crippen LogP contribution in [0.15, 0.2) is 18.2 Å². The fourth-order valence-corrected chi connectivity index (χ4v) is 1.55. The van der Waals surface area contributed by atoms with Crippen molar-refractivity contribution in [2.75, 3.05) is 13.7 Å². The Kier molecular flexibility index (Phi) is 5.74. The van der Waals surface area contributed by atoms with Gasteiger partial charge in [-0.25, -0.2) is 4.39 Å². The third kappa shape index (κ3) is 4.47. The minimum Gasteiger partial charge on any atom is -0.385 e. The molecule has 0 saturated heterocycles. The predicted molar refractivity (Wildman–Crippen MR) is 64.2 cm³/mol. The van der Waals surface area contributed by atoms with Crippen LogP contribution in [-0.2, 0) is 11.3 Å². The summed E-state index contributed by atoms with van der Waals surface area (Å²) >= 11 is 5.80. The van der Waals surface area contributed by atoms with Crippen LogP contribution in [0.25, 0.3) is 0 Å². The van der Waals surface area contributed by atoms with Gasteiger partial charge >= 0.3 is 0 Å². The zero-order chi connectivity index (χ0) is 12.0. The van der Waals surface area contributed by atoms with Crippen molar-refractivity contribution in [3.05, 3.63) is 34.6 Å². The average molecular weight is 246 g/mol. The molecule has 1 atom stereocenters. The van der Waals surface area contributed by atoms with Crippen LogP contribution in [0.1, 0.15) is 18.9 Å². The number of nitrogens with one attached hydrogen (secondary N) is 1. The molecule has 4 heteroatoms. The molecule has 1 aromatic rings. The Morgan fingerprint density at radius 2 is 2.25 bits per heavy atom. The fraction of sp³-hybridized carbons (Fsp3) is 0.500. The van der Waals surface area contributed by atoms with Gasteiger partial charge in [-0.15, -0.1) is 0 Å². The van der Waals surface area contributed by atoms with E-state index in [4.69, 9.17) is 16.3 Å². The van der Waals surface area contributed by atoms with Crippen molar-refractivity contribution in [2.45, 2.75) is 25.9 Å². The van der Waals surface area contributed by atoms with E-state index in [1.165, 1.54) is 6.07 Å². The molecule has 0 saturated carbocycles. The molecule has 2 nitrogen and oxygen atoms in total. The number of hydrogen-bond donors (Lipinski definition) is 1. The lowest BCUT2D eigenvalue weighted by atomic mass is 10.2. The number of methoxy groups -OCH3 is 1. The van der Waals surface area contributed by atoms with Crippen molar-refractivity contribution >= 4 is 11.6 Å². The molecule has 1 unspecified atom stereocenters. The first-order valence-corrected chi connectivity index (χ1v) is 5.67. The zero-order valence-corrected chi connectivity index (χ0v) is 10.4. The third-order valence-electron chi connectivity index (χ3n) is 2.40. The standard InChI is InChI=1S/C12H17ClFNO/c1-9(5-6-16-2)15-8-10-7-11(13)3-4-12(10)14/h3-4,7,9,15H,5-6,8H2,1-2H3. The van der Waals surface area contributed by atoms with Crippen LogP contribution in [0.5, 0.6) is 0 Å². The van der Waals surface area contributed by atoms with Crippen molar-refractivity contribution < 1.29 is 9.13 Å². The highest BCUT2D eigenvalue weighted by atomic mass is 35.5. The molecule has 90 valence electrons. The summed E-state index contributed by atoms with van der Waals surface area (Å²) in [6, 6.07) is 4.87. The van der Waals surface area contributed by atoms with Gasteiger partial charge in [0.25, 0.3) is 0 Å². The van der Waals surface area contributed by atoms with E-state index in [2.05, 4.69) is 5.32 Å². The molecule has 0 heterocycles. The van der Waals surface area contributed by atoms with E-state index in [-0.39, 0.29) is 5.82 Å². The van der Waals surface area contributed by atoms with Crippen LogP contribution in [-0.4, -0.2) is 19.8 Å². The zero-order valence-electron chi connectivity index (χ0n) is 9.59. The van der Waals surface area contributed by atoms with Crippen LogP contribution in [0.3, 0.4) is 0 Å². The monoisotopic (exact) mass is 245 g/mol. The highest BCUT2D eigenvalue weighted by Crippen LogP contribution is 2.14. The van der Waals surface area contributed by atoms with E-state index >= 15 is 0 Å². The van der Waals surface area contributed by atoms with Gasteiger partial charge < -0.3 is 10.1 Å². The van der Waals surface area contributed by atoms with Gasteiger partial charge in [-0.1, -0.05) is 11.6 Å². The number of ether oxygens (including phenoxy) is 1. The minimum atomic E-state index is -0.226. The first-order chi connectivity index (χ1) is 7.63. The Bertz CT molecular complexity index is 333. The van der Waals surface area contributed by atoms with Crippen LogP contribution in [0.2, 0.25) is 5.02 Å². The molecule has 0 amide bonds. The number of benzene rings is 1. The van der Waals surface area contributed by atoms with Gasteiger partial charge in [0.15, 0.2) is 0 Å². The number of rotatable bonds is 6. The minimum absolute atomic E-state index is 0.226. The Hall–Kier alpha value is -0.640. The second-order valence-electron chi connectivity index (χ2n) is 3.80. The molecule has 0 bridgehead atoms. The quantitative estimate of drug-likeness (QED) is 0.832. The maximum atomic E-state index is 13.3. The van der Waals surface area contributed by atoms with Crippen molar-refractivity contribution in [3.63, 3.8) is 0 Å². The first-order valence-electron chi connectivity index (χ1n) is 5.29. The summed E-state index contributed by atoms with van der Waals surface area (Å²) in [5.74, 6) is -0.226. The summed E-state index contributed by atoms with van der Waals surface area (Å²) in [5.41, 5.74) is 0.594. The maximum absolute atomic E-state index is 13.3. The molecule has 0 fully saturated rings.